The summed E-state index contributed by atoms with van der Waals surface area (Å²) < 4.78 is 0. The smallest absolute Gasteiger partial charge is 0.228 e. The minimum Gasteiger partial charge on any atom is -0.281 e. The number of halogens is 2. The van der Waals surface area contributed by atoms with E-state index in [1.54, 1.807) is 0 Å². The first-order valence-corrected chi connectivity index (χ1v) is 5.77. The average Bonchev–Trinajstić information content (AvgIpc) is 2.17. The van der Waals surface area contributed by atoms with Crippen LogP contribution in [0.15, 0.2) is 41.9 Å². The number of rotatable bonds is 5. The lowest BCUT2D eigenvalue weighted by atomic mass is 9.82. The number of hydrogen-bond donors (Lipinski definition) is 0. The molecule has 0 heterocycles. The molecule has 0 fully saturated rings. The van der Waals surface area contributed by atoms with E-state index in [1.807, 2.05) is 37.3 Å². The third-order valence-electron chi connectivity index (χ3n) is 2.49. The molecular weight excluding hydrogens is 243 g/mol. The minimum absolute atomic E-state index is 0.377. The van der Waals surface area contributed by atoms with Gasteiger partial charge in [0.25, 0.3) is 0 Å². The summed E-state index contributed by atoms with van der Waals surface area (Å²) in [4.78, 5) is 11.5. The molecule has 0 N–H and O–H groups in total. The zero-order chi connectivity index (χ0) is 12.2. The summed E-state index contributed by atoms with van der Waals surface area (Å²) >= 11 is 11.4. The highest BCUT2D eigenvalue weighted by Gasteiger charge is 2.32. The summed E-state index contributed by atoms with van der Waals surface area (Å²) in [5.74, 6) is 0. The molecule has 1 nitrogen and oxygen atoms in total. The van der Waals surface area contributed by atoms with Gasteiger partial charge < -0.3 is 0 Å². The van der Waals surface area contributed by atoms with Crippen LogP contribution in [0.5, 0.6) is 0 Å². The first-order chi connectivity index (χ1) is 7.44. The Morgan fingerprint density at radius 1 is 1.31 bits per heavy atom. The Kier molecular flexibility index (Phi) is 4.57. The molecule has 1 rings (SSSR count). The zero-order valence-corrected chi connectivity index (χ0v) is 10.7. The van der Waals surface area contributed by atoms with E-state index >= 15 is 0 Å². The number of carbonyl (C=O) groups excluding carboxylic acids is 1. The Morgan fingerprint density at radius 2 is 1.88 bits per heavy atom. The van der Waals surface area contributed by atoms with Crippen molar-refractivity contribution >= 4 is 28.4 Å². The molecule has 0 aliphatic rings. The number of carbonyl (C=O) groups is 1. The van der Waals surface area contributed by atoms with Crippen LogP contribution in [0.4, 0.5) is 0 Å². The molecule has 86 valence electrons. The lowest BCUT2D eigenvalue weighted by Crippen LogP contribution is -2.26. The summed E-state index contributed by atoms with van der Waals surface area (Å²) in [6.45, 7) is 5.43. The molecule has 0 spiro atoms. The van der Waals surface area contributed by atoms with Crippen LogP contribution < -0.4 is 0 Å². The fraction of sp³-hybridized carbons (Fsp3) is 0.308. The van der Waals surface area contributed by atoms with Crippen LogP contribution in [-0.4, -0.2) is 5.24 Å². The molecule has 16 heavy (non-hydrogen) atoms. The second-order valence-corrected chi connectivity index (χ2v) is 5.07. The number of allylic oxidation sites excluding steroid dienone is 1. The molecule has 1 aromatic carbocycles. The third-order valence-corrected chi connectivity index (χ3v) is 3.08. The van der Waals surface area contributed by atoms with Crippen LogP contribution in [0.3, 0.4) is 0 Å². The summed E-state index contributed by atoms with van der Waals surface area (Å²) in [6, 6.07) is 9.74. The van der Waals surface area contributed by atoms with Gasteiger partial charge in [0.15, 0.2) is 0 Å². The maximum atomic E-state index is 11.5. The Hall–Kier alpha value is -0.790. The molecule has 0 bridgehead atoms. The predicted octanol–water partition coefficient (Wildman–Crippen LogP) is 4.14. The Morgan fingerprint density at radius 3 is 2.31 bits per heavy atom. The number of hydrogen-bond acceptors (Lipinski definition) is 1. The van der Waals surface area contributed by atoms with Crippen molar-refractivity contribution in [3.63, 3.8) is 0 Å². The third kappa shape index (κ3) is 3.66. The van der Waals surface area contributed by atoms with E-state index in [9.17, 15) is 4.79 Å². The molecule has 0 aliphatic carbocycles. The van der Waals surface area contributed by atoms with Crippen LogP contribution in [0, 0.1) is 5.41 Å². The Labute approximate surface area is 106 Å². The minimum atomic E-state index is -0.679. The maximum Gasteiger partial charge on any atom is 0.228 e. The predicted molar refractivity (Wildman–Crippen MR) is 68.7 cm³/mol. The second-order valence-electron chi connectivity index (χ2n) is 4.19. The molecule has 0 saturated heterocycles. The highest BCUT2D eigenvalue weighted by molar-refractivity contribution is 6.64. The fourth-order valence-corrected chi connectivity index (χ4v) is 2.10. The van der Waals surface area contributed by atoms with Gasteiger partial charge in [-0.2, -0.15) is 0 Å². The topological polar surface area (TPSA) is 17.1 Å². The number of benzene rings is 1. The van der Waals surface area contributed by atoms with E-state index in [1.165, 1.54) is 0 Å². The van der Waals surface area contributed by atoms with Crippen molar-refractivity contribution in [3.05, 3.63) is 47.5 Å². The van der Waals surface area contributed by atoms with E-state index in [2.05, 4.69) is 6.58 Å². The second kappa shape index (κ2) is 5.51. The Balaban J connectivity index is 2.87. The van der Waals surface area contributed by atoms with Gasteiger partial charge in [-0.3, -0.25) is 4.79 Å². The van der Waals surface area contributed by atoms with Crippen LogP contribution in [0.25, 0.3) is 0 Å². The van der Waals surface area contributed by atoms with Gasteiger partial charge in [-0.05, 0) is 30.0 Å². The molecule has 0 radical (unpaired) electrons. The molecule has 0 unspecified atom stereocenters. The van der Waals surface area contributed by atoms with Gasteiger partial charge in [-0.15, -0.1) is 0 Å². The molecule has 1 atom stereocenters. The van der Waals surface area contributed by atoms with Crippen molar-refractivity contribution in [3.8, 4) is 0 Å². The molecular formula is C13H14Cl2O. The zero-order valence-electron chi connectivity index (χ0n) is 9.17. The normalized spacial score (nSPS) is 14.2. The van der Waals surface area contributed by atoms with Gasteiger partial charge in [0.2, 0.25) is 5.24 Å². The first kappa shape index (κ1) is 13.3. The van der Waals surface area contributed by atoms with Crippen LogP contribution in [0.2, 0.25) is 0 Å². The van der Waals surface area contributed by atoms with E-state index in [4.69, 9.17) is 23.2 Å². The summed E-state index contributed by atoms with van der Waals surface area (Å²) in [7, 11) is 0. The van der Waals surface area contributed by atoms with Crippen LogP contribution in [0.1, 0.15) is 18.9 Å². The summed E-state index contributed by atoms with van der Waals surface area (Å²) in [5.41, 5.74) is 0.388. The van der Waals surface area contributed by atoms with Crippen molar-refractivity contribution in [1.29, 1.82) is 0 Å². The lowest BCUT2D eigenvalue weighted by molar-refractivity contribution is -0.119. The van der Waals surface area contributed by atoms with Gasteiger partial charge in [-0.1, -0.05) is 55.4 Å². The highest BCUT2D eigenvalue weighted by Crippen LogP contribution is 2.33. The molecule has 3 heteroatoms. The van der Waals surface area contributed by atoms with Crippen molar-refractivity contribution in [2.45, 2.75) is 19.8 Å². The van der Waals surface area contributed by atoms with Crippen LogP contribution >= 0.6 is 23.2 Å². The maximum absolute atomic E-state index is 11.5. The van der Waals surface area contributed by atoms with E-state index in [-0.39, 0.29) is 5.24 Å². The summed E-state index contributed by atoms with van der Waals surface area (Å²) in [5, 5.41) is 0.0746. The van der Waals surface area contributed by atoms with Crippen molar-refractivity contribution in [2.75, 3.05) is 0 Å². The van der Waals surface area contributed by atoms with Gasteiger partial charge in [0.05, 0.1) is 5.41 Å². The lowest BCUT2D eigenvalue weighted by Gasteiger charge is -2.24. The SMILES string of the molecule is C=C(Cl)C[C@](C)(Cc1ccccc1)C(=O)Cl. The van der Waals surface area contributed by atoms with Gasteiger partial charge in [-0.25, -0.2) is 0 Å². The highest BCUT2D eigenvalue weighted by atomic mass is 35.5. The standard InChI is InChI=1S/C13H14Cl2O/c1-10(14)8-13(2,12(15)16)9-11-6-4-3-5-7-11/h3-7H,1,8-9H2,2H3/t13-/m1/s1. The van der Waals surface area contributed by atoms with Gasteiger partial charge in [0, 0.05) is 5.03 Å². The van der Waals surface area contributed by atoms with E-state index in [0.717, 1.165) is 5.56 Å². The van der Waals surface area contributed by atoms with E-state index in [0.29, 0.717) is 17.9 Å². The first-order valence-electron chi connectivity index (χ1n) is 5.01. The van der Waals surface area contributed by atoms with Crippen molar-refractivity contribution < 1.29 is 4.79 Å². The average molecular weight is 257 g/mol. The van der Waals surface area contributed by atoms with Crippen molar-refractivity contribution in [2.24, 2.45) is 5.41 Å². The molecule has 0 aromatic heterocycles. The van der Waals surface area contributed by atoms with E-state index < -0.39 is 5.41 Å². The van der Waals surface area contributed by atoms with Gasteiger partial charge in [0.1, 0.15) is 0 Å². The Bertz CT molecular complexity index is 386. The molecule has 1 aromatic rings. The molecule has 0 amide bonds. The largest absolute Gasteiger partial charge is 0.281 e. The quantitative estimate of drug-likeness (QED) is 0.724. The van der Waals surface area contributed by atoms with Gasteiger partial charge >= 0.3 is 0 Å². The van der Waals surface area contributed by atoms with Crippen molar-refractivity contribution in [1.82, 2.24) is 0 Å². The monoisotopic (exact) mass is 256 g/mol. The fourth-order valence-electron chi connectivity index (χ4n) is 1.67. The molecule has 0 aliphatic heterocycles. The van der Waals surface area contributed by atoms with Crippen LogP contribution in [-0.2, 0) is 11.2 Å². The summed E-state index contributed by atoms with van der Waals surface area (Å²) in [6.07, 6.45) is 0.966. The molecule has 0 saturated carbocycles.